The second kappa shape index (κ2) is 11.0. The molecule has 0 aliphatic carbocycles. The van der Waals surface area contributed by atoms with Crippen molar-refractivity contribution in [2.24, 2.45) is 11.5 Å². The van der Waals surface area contributed by atoms with Crippen LogP contribution in [0.25, 0.3) is 0 Å². The van der Waals surface area contributed by atoms with E-state index in [1.54, 1.807) is 0 Å². The highest BCUT2D eigenvalue weighted by Crippen LogP contribution is 2.07. The van der Waals surface area contributed by atoms with Crippen LogP contribution in [0.3, 0.4) is 0 Å². The van der Waals surface area contributed by atoms with Gasteiger partial charge in [-0.15, -0.1) is 36.4 Å². The Labute approximate surface area is 129 Å². The molecule has 20 heavy (non-hydrogen) atoms. The van der Waals surface area contributed by atoms with E-state index < -0.39 is 33.1 Å². The number of hydrogen-bond acceptors (Lipinski definition) is 7. The third kappa shape index (κ3) is 7.13. The van der Waals surface area contributed by atoms with E-state index in [0.29, 0.717) is 11.5 Å². The van der Waals surface area contributed by atoms with Gasteiger partial charge in [0.05, 0.1) is 23.6 Å². The monoisotopic (exact) mass is 332 g/mol. The van der Waals surface area contributed by atoms with E-state index in [9.17, 15) is 13.8 Å². The number of carbonyl (C=O) groups is 2. The molecule has 0 aromatic heterocycles. The van der Waals surface area contributed by atoms with Gasteiger partial charge in [-0.1, -0.05) is 11.8 Å². The first-order valence-electron chi connectivity index (χ1n) is 5.48. The molecular formula is C12H16N2O3S3. The van der Waals surface area contributed by atoms with Gasteiger partial charge in [0, 0.05) is 11.5 Å². The van der Waals surface area contributed by atoms with Crippen LogP contribution in [-0.4, -0.2) is 49.5 Å². The largest absolute Gasteiger partial charge is 0.320 e. The van der Waals surface area contributed by atoms with Gasteiger partial charge in [-0.25, -0.2) is 4.21 Å². The zero-order valence-electron chi connectivity index (χ0n) is 10.7. The molecule has 8 heteroatoms. The SMILES string of the molecule is C#CCSC[C@H](N)C(=O)S(=O)C(=O)[C@@H](N)CSCC#C. The van der Waals surface area contributed by atoms with E-state index in [1.807, 2.05) is 0 Å². The number of nitrogens with two attached hydrogens (primary N) is 2. The molecule has 0 saturated carbocycles. The molecule has 0 radical (unpaired) electrons. The van der Waals surface area contributed by atoms with Crippen molar-refractivity contribution in [1.82, 2.24) is 0 Å². The molecule has 0 fully saturated rings. The number of carbonyl (C=O) groups excluding carboxylic acids is 2. The van der Waals surface area contributed by atoms with Crippen LogP contribution in [-0.2, 0) is 20.4 Å². The molecule has 0 aliphatic heterocycles. The summed E-state index contributed by atoms with van der Waals surface area (Å²) < 4.78 is 11.7. The van der Waals surface area contributed by atoms with Gasteiger partial charge in [-0.3, -0.25) is 9.59 Å². The summed E-state index contributed by atoms with van der Waals surface area (Å²) in [5.74, 6) is 5.96. The van der Waals surface area contributed by atoms with Gasteiger partial charge in [-0.05, 0) is 0 Å². The van der Waals surface area contributed by atoms with Gasteiger partial charge in [-0.2, -0.15) is 0 Å². The molecular weight excluding hydrogens is 316 g/mol. The quantitative estimate of drug-likeness (QED) is 0.442. The van der Waals surface area contributed by atoms with Crippen molar-refractivity contribution < 1.29 is 13.8 Å². The van der Waals surface area contributed by atoms with Crippen LogP contribution in [0.4, 0.5) is 0 Å². The Morgan fingerprint density at radius 1 is 1.00 bits per heavy atom. The standard InChI is InChI=1S/C12H16N2O3S3/c1-3-5-18-7-9(13)11(15)20(17)12(16)10(14)8-19-6-4-2/h1-2,9-10H,5-8,13-14H2/t9-,10-/m0/s1. The lowest BCUT2D eigenvalue weighted by Gasteiger charge is -2.11. The van der Waals surface area contributed by atoms with Gasteiger partial charge in [0.25, 0.3) is 0 Å². The predicted octanol–water partition coefficient (Wildman–Crippen LogP) is -0.824. The maximum Gasteiger partial charge on any atom is 0.244 e. The van der Waals surface area contributed by atoms with Crippen molar-refractivity contribution in [2.75, 3.05) is 23.0 Å². The number of thioether (sulfide) groups is 2. The molecule has 0 amide bonds. The topological polar surface area (TPSA) is 103 Å². The lowest BCUT2D eigenvalue weighted by molar-refractivity contribution is -0.114. The van der Waals surface area contributed by atoms with Crippen molar-refractivity contribution in [3.05, 3.63) is 0 Å². The second-order valence-electron chi connectivity index (χ2n) is 3.56. The molecule has 0 heterocycles. The smallest absolute Gasteiger partial charge is 0.244 e. The van der Waals surface area contributed by atoms with Crippen molar-refractivity contribution >= 4 is 44.6 Å². The van der Waals surface area contributed by atoms with Gasteiger partial charge in [0.15, 0.2) is 10.8 Å². The number of terminal acetylenes is 2. The fraction of sp³-hybridized carbons (Fsp3) is 0.500. The third-order valence-corrected chi connectivity index (χ3v) is 5.20. The van der Waals surface area contributed by atoms with Crippen LogP contribution in [0, 0.1) is 24.7 Å². The highest BCUT2D eigenvalue weighted by Gasteiger charge is 2.29. The minimum atomic E-state index is -2.34. The van der Waals surface area contributed by atoms with Gasteiger partial charge in [0.1, 0.15) is 0 Å². The maximum atomic E-state index is 11.7. The first kappa shape index (κ1) is 19.2. The molecule has 0 unspecified atom stereocenters. The molecule has 0 aromatic carbocycles. The van der Waals surface area contributed by atoms with Crippen LogP contribution in [0.5, 0.6) is 0 Å². The van der Waals surface area contributed by atoms with Crippen LogP contribution in [0.1, 0.15) is 0 Å². The summed E-state index contributed by atoms with van der Waals surface area (Å²) in [6.45, 7) is 0. The summed E-state index contributed by atoms with van der Waals surface area (Å²) in [4.78, 5) is 23.4. The summed E-state index contributed by atoms with van der Waals surface area (Å²) >= 11 is 2.52. The summed E-state index contributed by atoms with van der Waals surface area (Å²) in [7, 11) is -2.34. The first-order valence-corrected chi connectivity index (χ1v) is 8.94. The van der Waals surface area contributed by atoms with Crippen molar-refractivity contribution in [2.45, 2.75) is 12.1 Å². The van der Waals surface area contributed by atoms with Crippen LogP contribution >= 0.6 is 23.5 Å². The Hall–Kier alpha value is -0.770. The molecule has 0 aliphatic rings. The highest BCUT2D eigenvalue weighted by atomic mass is 32.2. The number of hydrogen-bond donors (Lipinski definition) is 2. The maximum absolute atomic E-state index is 11.7. The van der Waals surface area contributed by atoms with Crippen LogP contribution in [0.15, 0.2) is 0 Å². The average Bonchev–Trinajstić information content (AvgIpc) is 2.45. The van der Waals surface area contributed by atoms with Gasteiger partial charge >= 0.3 is 0 Å². The Morgan fingerprint density at radius 3 is 1.65 bits per heavy atom. The summed E-state index contributed by atoms with van der Waals surface area (Å²) in [6, 6.07) is -1.99. The van der Waals surface area contributed by atoms with E-state index in [1.165, 1.54) is 23.5 Å². The molecule has 110 valence electrons. The lowest BCUT2D eigenvalue weighted by atomic mass is 10.4. The molecule has 5 nitrogen and oxygen atoms in total. The van der Waals surface area contributed by atoms with Crippen LogP contribution in [0.2, 0.25) is 0 Å². The van der Waals surface area contributed by atoms with Crippen molar-refractivity contribution in [3.8, 4) is 24.7 Å². The Kier molecular flexibility index (Phi) is 10.5. The number of rotatable bonds is 8. The minimum absolute atomic E-state index is 0.211. The predicted molar refractivity (Wildman–Crippen MR) is 86.4 cm³/mol. The molecule has 0 saturated heterocycles. The summed E-state index contributed by atoms with van der Waals surface area (Å²) in [6.07, 6.45) is 10.1. The molecule has 0 aromatic rings. The van der Waals surface area contributed by atoms with E-state index in [0.717, 1.165) is 0 Å². The van der Waals surface area contributed by atoms with Crippen molar-refractivity contribution in [3.63, 3.8) is 0 Å². The molecule has 0 spiro atoms. The summed E-state index contributed by atoms with van der Waals surface area (Å²) in [5, 5.41) is -1.64. The normalized spacial score (nSPS) is 13.2. The zero-order chi connectivity index (χ0) is 15.5. The van der Waals surface area contributed by atoms with E-state index in [2.05, 4.69) is 11.8 Å². The highest BCUT2D eigenvalue weighted by molar-refractivity contribution is 8.13. The fourth-order valence-corrected chi connectivity index (χ4v) is 3.41. The first-order chi connectivity index (χ1) is 9.45. The molecule has 0 bridgehead atoms. The zero-order valence-corrected chi connectivity index (χ0v) is 13.2. The molecule has 4 N–H and O–H groups in total. The Morgan fingerprint density at radius 2 is 1.35 bits per heavy atom. The average molecular weight is 332 g/mol. The lowest BCUT2D eigenvalue weighted by Crippen LogP contribution is -2.43. The van der Waals surface area contributed by atoms with E-state index in [4.69, 9.17) is 24.3 Å². The van der Waals surface area contributed by atoms with Gasteiger partial charge < -0.3 is 11.5 Å². The third-order valence-electron chi connectivity index (χ3n) is 1.94. The van der Waals surface area contributed by atoms with E-state index >= 15 is 0 Å². The molecule has 2 atom stereocenters. The Bertz CT molecular complexity index is 414. The minimum Gasteiger partial charge on any atom is -0.320 e. The van der Waals surface area contributed by atoms with Gasteiger partial charge in [0.2, 0.25) is 10.2 Å². The fourth-order valence-electron chi connectivity index (χ4n) is 1.000. The van der Waals surface area contributed by atoms with Crippen molar-refractivity contribution in [1.29, 1.82) is 0 Å². The summed E-state index contributed by atoms with van der Waals surface area (Å²) in [5.41, 5.74) is 11.1. The van der Waals surface area contributed by atoms with Crippen LogP contribution < -0.4 is 11.5 Å². The molecule has 0 rings (SSSR count). The van der Waals surface area contributed by atoms with E-state index in [-0.39, 0.29) is 11.5 Å². The second-order valence-corrected chi connectivity index (χ2v) is 6.96. The Balaban J connectivity index is 4.35.